The molecule has 4 N–H and O–H groups in total. The number of carboxylic acid groups (broad SMARTS) is 1. The number of carboxylic acids is 1. The third-order valence-electron chi connectivity index (χ3n) is 13.3. The fraction of sp³-hybridized carbons (Fsp3) is 0.900. The highest BCUT2D eigenvalue weighted by atomic mass is 16.4. The van der Waals surface area contributed by atoms with E-state index in [1.165, 1.54) is 0 Å². The molecule has 11 atom stereocenters. The Morgan fingerprint density at radius 1 is 0.971 bits per heavy atom. The lowest BCUT2D eigenvalue weighted by atomic mass is 9.36. The summed E-state index contributed by atoms with van der Waals surface area (Å²) in [6.07, 6.45) is 8.84. The Kier molecular flexibility index (Phi) is 4.84. The minimum absolute atomic E-state index is 0.0110. The molecule has 6 aliphatic rings. The van der Waals surface area contributed by atoms with Gasteiger partial charge < -0.3 is 20.4 Å². The van der Waals surface area contributed by atoms with Crippen molar-refractivity contribution in [2.45, 2.75) is 105 Å². The smallest absolute Gasteiger partial charge is 0.310 e. The molecule has 0 unspecified atom stereocenters. The predicted molar refractivity (Wildman–Crippen MR) is 133 cm³/mol. The van der Waals surface area contributed by atoms with E-state index in [2.05, 4.69) is 33.8 Å². The maximum absolute atomic E-state index is 12.8. The summed E-state index contributed by atoms with van der Waals surface area (Å²) in [7, 11) is 0. The molecular weight excluding hydrogens is 440 g/mol. The molecule has 0 bridgehead atoms. The third kappa shape index (κ3) is 2.74. The minimum atomic E-state index is -0.895. The topological polar surface area (TPSA) is 98.0 Å². The number of aliphatic carboxylic acids is 1. The quantitative estimate of drug-likeness (QED) is 0.421. The lowest BCUT2D eigenvalue weighted by Gasteiger charge is -2.68. The summed E-state index contributed by atoms with van der Waals surface area (Å²) in [6.45, 7) is 11.3. The molecule has 0 aromatic carbocycles. The Morgan fingerprint density at radius 2 is 1.69 bits per heavy atom. The van der Waals surface area contributed by atoms with Crippen LogP contribution in [0, 0.1) is 56.2 Å². The SMILES string of the molecule is CC1(C)CC[C@]2(C(=O)O)CC=C3[C@]4(C[C@H]4C[C@@H]4[C@@]5(C)C[C@@H](O)[C@@H](O)[C@](C)(CO)[C@@H]5CC[C@@]34C)[C@@H]2C1. The monoisotopic (exact) mass is 486 g/mol. The molecular formula is C30H46O5. The molecule has 0 aromatic rings. The van der Waals surface area contributed by atoms with Crippen molar-refractivity contribution in [2.24, 2.45) is 56.2 Å². The van der Waals surface area contributed by atoms with Gasteiger partial charge in [-0.15, -0.1) is 0 Å². The van der Waals surface area contributed by atoms with Crippen molar-refractivity contribution in [3.05, 3.63) is 11.6 Å². The molecule has 6 aliphatic carbocycles. The van der Waals surface area contributed by atoms with Crippen molar-refractivity contribution < 1.29 is 25.2 Å². The van der Waals surface area contributed by atoms with Crippen LogP contribution in [0.2, 0.25) is 0 Å². The second kappa shape index (κ2) is 6.94. The largest absolute Gasteiger partial charge is 0.481 e. The zero-order chi connectivity index (χ0) is 25.4. The fourth-order valence-corrected chi connectivity index (χ4v) is 11.5. The molecule has 35 heavy (non-hydrogen) atoms. The molecule has 196 valence electrons. The summed E-state index contributed by atoms with van der Waals surface area (Å²) in [4.78, 5) is 12.8. The van der Waals surface area contributed by atoms with Gasteiger partial charge in [-0.1, -0.05) is 46.3 Å². The van der Waals surface area contributed by atoms with Gasteiger partial charge in [0.2, 0.25) is 0 Å². The number of hydrogen-bond donors (Lipinski definition) is 4. The van der Waals surface area contributed by atoms with Crippen LogP contribution in [0.25, 0.3) is 0 Å². The van der Waals surface area contributed by atoms with Crippen LogP contribution in [-0.4, -0.2) is 45.2 Å². The van der Waals surface area contributed by atoms with Crippen LogP contribution in [0.4, 0.5) is 0 Å². The number of carbonyl (C=O) groups is 1. The van der Waals surface area contributed by atoms with Crippen LogP contribution >= 0.6 is 0 Å². The first-order valence-electron chi connectivity index (χ1n) is 14.1. The van der Waals surface area contributed by atoms with Gasteiger partial charge in [0.25, 0.3) is 0 Å². The van der Waals surface area contributed by atoms with Crippen LogP contribution in [0.5, 0.6) is 0 Å². The third-order valence-corrected chi connectivity index (χ3v) is 13.3. The second-order valence-corrected chi connectivity index (χ2v) is 15.3. The van der Waals surface area contributed by atoms with Crippen LogP contribution < -0.4 is 0 Å². The normalized spacial score (nSPS) is 58.0. The average Bonchev–Trinajstić information content (AvgIpc) is 3.50. The summed E-state index contributed by atoms with van der Waals surface area (Å²) < 4.78 is 0. The molecule has 5 fully saturated rings. The van der Waals surface area contributed by atoms with Gasteiger partial charge in [-0.25, -0.2) is 0 Å². The van der Waals surface area contributed by atoms with Crippen LogP contribution in [0.1, 0.15) is 92.4 Å². The Balaban J connectivity index is 1.45. The second-order valence-electron chi connectivity index (χ2n) is 15.3. The summed E-state index contributed by atoms with van der Waals surface area (Å²) in [6, 6.07) is 0. The molecule has 1 spiro atoms. The van der Waals surface area contributed by atoms with Gasteiger partial charge in [0.05, 0.1) is 24.2 Å². The Bertz CT molecular complexity index is 987. The Morgan fingerprint density at radius 3 is 2.34 bits per heavy atom. The van der Waals surface area contributed by atoms with E-state index in [0.29, 0.717) is 24.7 Å². The lowest BCUT2D eigenvalue weighted by molar-refractivity contribution is -0.229. The van der Waals surface area contributed by atoms with E-state index >= 15 is 0 Å². The number of allylic oxidation sites excluding steroid dienone is 2. The Labute approximate surface area is 210 Å². The first kappa shape index (κ1) is 24.4. The van der Waals surface area contributed by atoms with Gasteiger partial charge in [0.1, 0.15) is 0 Å². The molecule has 0 aromatic heterocycles. The van der Waals surface area contributed by atoms with E-state index in [4.69, 9.17) is 0 Å². The van der Waals surface area contributed by atoms with Gasteiger partial charge in [-0.05, 0) is 103 Å². The number of fused-ring (bicyclic) bond motifs is 5. The van der Waals surface area contributed by atoms with Gasteiger partial charge >= 0.3 is 5.97 Å². The van der Waals surface area contributed by atoms with Crippen molar-refractivity contribution >= 4 is 5.97 Å². The first-order chi connectivity index (χ1) is 16.2. The highest BCUT2D eigenvalue weighted by Crippen LogP contribution is 2.83. The molecule has 0 radical (unpaired) electrons. The summed E-state index contributed by atoms with van der Waals surface area (Å²) >= 11 is 0. The zero-order valence-electron chi connectivity index (χ0n) is 22.3. The zero-order valence-corrected chi connectivity index (χ0v) is 22.3. The first-order valence-corrected chi connectivity index (χ1v) is 14.1. The number of hydrogen-bond acceptors (Lipinski definition) is 4. The van der Waals surface area contributed by atoms with Crippen LogP contribution in [0.3, 0.4) is 0 Å². The molecule has 5 saturated carbocycles. The number of aliphatic hydroxyl groups excluding tert-OH is 3. The lowest BCUT2D eigenvalue weighted by Crippen LogP contribution is -2.66. The van der Waals surface area contributed by atoms with Gasteiger partial charge in [0.15, 0.2) is 0 Å². The van der Waals surface area contributed by atoms with Crippen LogP contribution in [-0.2, 0) is 4.79 Å². The van der Waals surface area contributed by atoms with E-state index in [1.54, 1.807) is 5.57 Å². The highest BCUT2D eigenvalue weighted by molar-refractivity contribution is 5.77. The minimum Gasteiger partial charge on any atom is -0.481 e. The van der Waals surface area contributed by atoms with Crippen molar-refractivity contribution in [3.8, 4) is 0 Å². The van der Waals surface area contributed by atoms with Crippen molar-refractivity contribution in [2.75, 3.05) is 6.61 Å². The van der Waals surface area contributed by atoms with Crippen LogP contribution in [0.15, 0.2) is 11.6 Å². The van der Waals surface area contributed by atoms with Gasteiger partial charge in [-0.2, -0.15) is 0 Å². The van der Waals surface area contributed by atoms with E-state index in [9.17, 15) is 25.2 Å². The summed E-state index contributed by atoms with van der Waals surface area (Å²) in [5, 5.41) is 42.9. The summed E-state index contributed by atoms with van der Waals surface area (Å²) in [5.41, 5.74) is 0.293. The van der Waals surface area contributed by atoms with E-state index in [0.717, 1.165) is 44.9 Å². The Hall–Kier alpha value is -0.910. The average molecular weight is 487 g/mol. The molecule has 0 saturated heterocycles. The molecule has 0 aliphatic heterocycles. The maximum Gasteiger partial charge on any atom is 0.310 e. The van der Waals surface area contributed by atoms with Gasteiger partial charge in [0, 0.05) is 5.41 Å². The maximum atomic E-state index is 12.8. The van der Waals surface area contributed by atoms with E-state index in [1.807, 2.05) is 6.92 Å². The van der Waals surface area contributed by atoms with E-state index < -0.39 is 29.0 Å². The number of rotatable bonds is 2. The number of aliphatic hydroxyl groups is 3. The highest BCUT2D eigenvalue weighted by Gasteiger charge is 2.77. The molecule has 0 amide bonds. The summed E-state index contributed by atoms with van der Waals surface area (Å²) in [5.74, 6) is 0.691. The standard InChI is InChI=1S/C30H46O5/c1-25(2)10-11-29(24(34)35)9-7-20-26(3)8-6-19-27(4,14-18(32)23(33)28(19,5)16-31)21(26)12-17-13-30(17,20)22(29)15-25/h7,17-19,21-23,31-33H,6,8-16H2,1-5H3,(H,34,35)/t17-,18-,19-,21+,22-,23-,26+,27+,28-,29-,30-/m1/s1. The van der Waals surface area contributed by atoms with Gasteiger partial charge in [-0.3, -0.25) is 4.79 Å². The van der Waals surface area contributed by atoms with Crippen molar-refractivity contribution in [1.82, 2.24) is 0 Å². The van der Waals surface area contributed by atoms with Crippen molar-refractivity contribution in [1.29, 1.82) is 0 Å². The molecule has 5 nitrogen and oxygen atoms in total. The molecule has 5 heteroatoms. The fourth-order valence-electron chi connectivity index (χ4n) is 11.5. The van der Waals surface area contributed by atoms with E-state index in [-0.39, 0.29) is 40.1 Å². The molecule has 0 heterocycles. The van der Waals surface area contributed by atoms with Crippen molar-refractivity contribution in [3.63, 3.8) is 0 Å². The predicted octanol–water partition coefficient (Wildman–Crippen LogP) is 4.79. The molecule has 6 rings (SSSR count).